The average molecular weight is 361 g/mol. The molecule has 1 aliphatic rings. The molecule has 1 fully saturated rings. The van der Waals surface area contributed by atoms with E-state index in [0.29, 0.717) is 26.2 Å². The van der Waals surface area contributed by atoms with Crippen molar-refractivity contribution in [1.82, 2.24) is 9.29 Å². The molecule has 1 aliphatic heterocycles. The summed E-state index contributed by atoms with van der Waals surface area (Å²) >= 11 is 0. The van der Waals surface area contributed by atoms with Gasteiger partial charge in [-0.3, -0.25) is 9.78 Å². The predicted molar refractivity (Wildman–Crippen MR) is 93.0 cm³/mol. The second kappa shape index (κ2) is 7.20. The van der Waals surface area contributed by atoms with Crippen LogP contribution in [0.25, 0.3) is 0 Å². The van der Waals surface area contributed by atoms with Crippen molar-refractivity contribution in [2.24, 2.45) is 0 Å². The Morgan fingerprint density at radius 3 is 2.52 bits per heavy atom. The number of pyridine rings is 1. The lowest BCUT2D eigenvalue weighted by atomic mass is 10.1. The van der Waals surface area contributed by atoms with Crippen LogP contribution in [0, 0.1) is 0 Å². The van der Waals surface area contributed by atoms with Crippen LogP contribution in [0.15, 0.2) is 53.7 Å². The van der Waals surface area contributed by atoms with Gasteiger partial charge in [0.15, 0.2) is 0 Å². The molecule has 8 heteroatoms. The molecular weight excluding hydrogens is 342 g/mol. The molecule has 132 valence electrons. The van der Waals surface area contributed by atoms with E-state index in [2.05, 4.69) is 9.88 Å². The molecule has 2 aromatic rings. The van der Waals surface area contributed by atoms with Crippen LogP contribution in [0.4, 0.5) is 5.69 Å². The molecule has 1 saturated heterocycles. The lowest BCUT2D eigenvalue weighted by Crippen LogP contribution is -2.48. The van der Waals surface area contributed by atoms with Crippen LogP contribution in [0.1, 0.15) is 5.56 Å². The maximum atomic E-state index is 12.6. The molecule has 2 heterocycles. The number of carbonyl (C=O) groups is 1. The standard InChI is InChI=1S/C17H19N3O4S/c21-17(22)12-14-3-1-4-15(11-14)19-7-9-20(10-8-19)25(23,24)16-5-2-6-18-13-16/h1-6,11,13H,7-10,12H2,(H,21,22). The highest BCUT2D eigenvalue weighted by Gasteiger charge is 2.28. The molecule has 0 unspecified atom stereocenters. The number of hydrogen-bond donors (Lipinski definition) is 1. The molecule has 0 aliphatic carbocycles. The van der Waals surface area contributed by atoms with Crippen molar-refractivity contribution < 1.29 is 18.3 Å². The summed E-state index contributed by atoms with van der Waals surface area (Å²) < 4.78 is 26.7. The van der Waals surface area contributed by atoms with Gasteiger partial charge in [-0.2, -0.15) is 4.31 Å². The predicted octanol–water partition coefficient (Wildman–Crippen LogP) is 1.22. The highest BCUT2D eigenvalue weighted by atomic mass is 32.2. The Hall–Kier alpha value is -2.45. The molecule has 1 aromatic heterocycles. The van der Waals surface area contributed by atoms with Gasteiger partial charge in [0.2, 0.25) is 10.0 Å². The Labute approximate surface area is 146 Å². The van der Waals surface area contributed by atoms with Gasteiger partial charge < -0.3 is 10.0 Å². The summed E-state index contributed by atoms with van der Waals surface area (Å²) in [7, 11) is -3.53. The number of piperazine rings is 1. The van der Waals surface area contributed by atoms with Gasteiger partial charge in [-0.1, -0.05) is 12.1 Å². The third-order valence-corrected chi connectivity index (χ3v) is 6.02. The van der Waals surface area contributed by atoms with Gasteiger partial charge in [0.05, 0.1) is 6.42 Å². The zero-order chi connectivity index (χ0) is 17.9. The number of hydrogen-bond acceptors (Lipinski definition) is 5. The highest BCUT2D eigenvalue weighted by Crippen LogP contribution is 2.21. The molecule has 1 aromatic carbocycles. The van der Waals surface area contributed by atoms with Gasteiger partial charge >= 0.3 is 5.97 Å². The van der Waals surface area contributed by atoms with Crippen LogP contribution in [0.5, 0.6) is 0 Å². The summed E-state index contributed by atoms with van der Waals surface area (Å²) in [5.74, 6) is -0.871. The molecule has 0 amide bonds. The number of rotatable bonds is 5. The van der Waals surface area contributed by atoms with Crippen molar-refractivity contribution in [2.45, 2.75) is 11.3 Å². The van der Waals surface area contributed by atoms with E-state index in [4.69, 9.17) is 5.11 Å². The topological polar surface area (TPSA) is 90.8 Å². The van der Waals surface area contributed by atoms with Gasteiger partial charge in [0, 0.05) is 44.3 Å². The number of anilines is 1. The molecule has 0 atom stereocenters. The van der Waals surface area contributed by atoms with Gasteiger partial charge in [0.25, 0.3) is 0 Å². The van der Waals surface area contributed by atoms with Crippen LogP contribution < -0.4 is 4.90 Å². The van der Waals surface area contributed by atoms with Crippen LogP contribution in [0.2, 0.25) is 0 Å². The quantitative estimate of drug-likeness (QED) is 0.861. The van der Waals surface area contributed by atoms with Gasteiger partial charge in [0.1, 0.15) is 4.90 Å². The van der Waals surface area contributed by atoms with Crippen molar-refractivity contribution in [1.29, 1.82) is 0 Å². The molecule has 0 bridgehead atoms. The molecule has 1 N–H and O–H groups in total. The first-order chi connectivity index (χ1) is 12.0. The van der Waals surface area contributed by atoms with Gasteiger partial charge in [-0.25, -0.2) is 8.42 Å². The Balaban J connectivity index is 1.69. The summed E-state index contributed by atoms with van der Waals surface area (Å²) in [6, 6.07) is 10.5. The third-order valence-electron chi connectivity index (χ3n) is 4.14. The van der Waals surface area contributed by atoms with Crippen LogP contribution >= 0.6 is 0 Å². The van der Waals surface area contributed by atoms with Crippen LogP contribution in [-0.4, -0.2) is 55.0 Å². The van der Waals surface area contributed by atoms with E-state index in [1.54, 1.807) is 24.4 Å². The number of sulfonamides is 1. The number of aliphatic carboxylic acids is 1. The molecule has 3 rings (SSSR count). The fourth-order valence-corrected chi connectivity index (χ4v) is 4.26. The smallest absolute Gasteiger partial charge is 0.307 e. The van der Waals surface area contributed by atoms with E-state index < -0.39 is 16.0 Å². The zero-order valence-corrected chi connectivity index (χ0v) is 14.4. The molecule has 0 radical (unpaired) electrons. The summed E-state index contributed by atoms with van der Waals surface area (Å²) in [6.45, 7) is 1.85. The minimum atomic E-state index is -3.53. The summed E-state index contributed by atoms with van der Waals surface area (Å²) in [6.07, 6.45) is 2.88. The SMILES string of the molecule is O=C(O)Cc1cccc(N2CCN(S(=O)(=O)c3cccnc3)CC2)c1. The number of aromatic nitrogens is 1. The van der Waals surface area contributed by atoms with E-state index in [0.717, 1.165) is 11.3 Å². The summed E-state index contributed by atoms with van der Waals surface area (Å²) in [5, 5.41) is 8.91. The number of carboxylic acids is 1. The number of benzene rings is 1. The van der Waals surface area contributed by atoms with E-state index in [1.807, 2.05) is 18.2 Å². The molecule has 0 spiro atoms. The molecular formula is C17H19N3O4S. The average Bonchev–Trinajstić information content (AvgIpc) is 2.62. The fourth-order valence-electron chi connectivity index (χ4n) is 2.87. The highest BCUT2D eigenvalue weighted by molar-refractivity contribution is 7.89. The Morgan fingerprint density at radius 2 is 1.88 bits per heavy atom. The van der Waals surface area contributed by atoms with Gasteiger partial charge in [-0.05, 0) is 29.8 Å². The largest absolute Gasteiger partial charge is 0.481 e. The Kier molecular flexibility index (Phi) is 5.00. The first-order valence-corrected chi connectivity index (χ1v) is 9.37. The number of nitrogens with zero attached hydrogens (tertiary/aromatic N) is 3. The summed E-state index contributed by atoms with van der Waals surface area (Å²) in [5.41, 5.74) is 1.65. The Bertz CT molecular complexity index is 847. The van der Waals surface area contributed by atoms with E-state index in [9.17, 15) is 13.2 Å². The van der Waals surface area contributed by atoms with Crippen molar-refractivity contribution in [3.05, 3.63) is 54.4 Å². The lowest BCUT2D eigenvalue weighted by Gasteiger charge is -2.35. The maximum Gasteiger partial charge on any atom is 0.307 e. The van der Waals surface area contributed by atoms with Crippen LogP contribution in [0.3, 0.4) is 0 Å². The second-order valence-corrected chi connectivity index (χ2v) is 7.76. The molecule has 0 saturated carbocycles. The first kappa shape index (κ1) is 17.4. The lowest BCUT2D eigenvalue weighted by molar-refractivity contribution is -0.136. The molecule has 25 heavy (non-hydrogen) atoms. The van der Waals surface area contributed by atoms with E-state index in [-0.39, 0.29) is 11.3 Å². The van der Waals surface area contributed by atoms with Crippen molar-refractivity contribution in [2.75, 3.05) is 31.1 Å². The first-order valence-electron chi connectivity index (χ1n) is 7.93. The van der Waals surface area contributed by atoms with Crippen LogP contribution in [-0.2, 0) is 21.2 Å². The second-order valence-electron chi connectivity index (χ2n) is 5.82. The van der Waals surface area contributed by atoms with Crippen molar-refractivity contribution in [3.8, 4) is 0 Å². The minimum absolute atomic E-state index is 0.0246. The molecule has 7 nitrogen and oxygen atoms in total. The van der Waals surface area contributed by atoms with Crippen molar-refractivity contribution in [3.63, 3.8) is 0 Å². The zero-order valence-electron chi connectivity index (χ0n) is 13.6. The Morgan fingerprint density at radius 1 is 1.12 bits per heavy atom. The number of carboxylic acid groups (broad SMARTS) is 1. The summed E-state index contributed by atoms with van der Waals surface area (Å²) in [4.78, 5) is 17.0. The normalized spacial score (nSPS) is 15.9. The maximum absolute atomic E-state index is 12.6. The monoisotopic (exact) mass is 361 g/mol. The van der Waals surface area contributed by atoms with E-state index >= 15 is 0 Å². The minimum Gasteiger partial charge on any atom is -0.481 e. The fraction of sp³-hybridized carbons (Fsp3) is 0.294. The van der Waals surface area contributed by atoms with E-state index in [1.165, 1.54) is 10.5 Å². The van der Waals surface area contributed by atoms with Gasteiger partial charge in [-0.15, -0.1) is 0 Å². The van der Waals surface area contributed by atoms with Crippen molar-refractivity contribution >= 4 is 21.7 Å². The third kappa shape index (κ3) is 3.97.